The summed E-state index contributed by atoms with van der Waals surface area (Å²) < 4.78 is 10.6. The van der Waals surface area contributed by atoms with Crippen LogP contribution in [0, 0.1) is 10.1 Å². The Balaban J connectivity index is 2.26. The van der Waals surface area contributed by atoms with Crippen molar-refractivity contribution in [3.8, 4) is 11.5 Å². The van der Waals surface area contributed by atoms with Gasteiger partial charge >= 0.3 is 5.69 Å². The van der Waals surface area contributed by atoms with E-state index < -0.39 is 23.5 Å². The fourth-order valence-electron chi connectivity index (χ4n) is 3.03. The van der Waals surface area contributed by atoms with Crippen LogP contribution in [-0.4, -0.2) is 47.4 Å². The van der Waals surface area contributed by atoms with Crippen LogP contribution >= 0.6 is 23.2 Å². The third kappa shape index (κ3) is 6.98. The molecule has 2 aromatic carbocycles. The van der Waals surface area contributed by atoms with E-state index in [4.69, 9.17) is 32.7 Å². The minimum Gasteiger partial charge on any atom is -0.490 e. The highest BCUT2D eigenvalue weighted by Gasteiger charge is 2.28. The van der Waals surface area contributed by atoms with Crippen LogP contribution in [0.3, 0.4) is 0 Å². The Morgan fingerprint density at radius 1 is 1.18 bits per heavy atom. The highest BCUT2D eigenvalue weighted by atomic mass is 35.5. The minimum atomic E-state index is -0.844. The van der Waals surface area contributed by atoms with Crippen LogP contribution in [0.4, 0.5) is 5.69 Å². The van der Waals surface area contributed by atoms with E-state index >= 15 is 0 Å². The predicted molar refractivity (Wildman–Crippen MR) is 130 cm³/mol. The van der Waals surface area contributed by atoms with Crippen LogP contribution in [0.2, 0.25) is 10.0 Å². The molecular weight excluding hydrogens is 485 g/mol. The third-order valence-corrected chi connectivity index (χ3v) is 5.98. The quantitative estimate of drug-likeness (QED) is 0.348. The molecule has 0 saturated heterocycles. The number of nitro groups is 1. The van der Waals surface area contributed by atoms with Crippen LogP contribution < -0.4 is 14.8 Å². The summed E-state index contributed by atoms with van der Waals surface area (Å²) in [6.45, 7) is 4.97. The van der Waals surface area contributed by atoms with E-state index in [1.54, 1.807) is 25.1 Å². The average Bonchev–Trinajstić information content (AvgIpc) is 2.81. The fraction of sp³-hybridized carbons (Fsp3) is 0.391. The normalized spacial score (nSPS) is 12.4. The van der Waals surface area contributed by atoms with Gasteiger partial charge < -0.3 is 19.7 Å². The number of amides is 2. The number of nitro benzene ring substituents is 1. The largest absolute Gasteiger partial charge is 0.490 e. The van der Waals surface area contributed by atoms with Gasteiger partial charge in [-0.1, -0.05) is 36.2 Å². The summed E-state index contributed by atoms with van der Waals surface area (Å²) in [6.07, 6.45) is 0.730. The minimum absolute atomic E-state index is 0.00375. The Morgan fingerprint density at radius 2 is 1.82 bits per heavy atom. The maximum absolute atomic E-state index is 13.2. The zero-order chi connectivity index (χ0) is 25.4. The second kappa shape index (κ2) is 12.4. The maximum atomic E-state index is 13.2. The molecule has 2 atom stereocenters. The number of ether oxygens (including phenoxy) is 2. The molecule has 184 valence electrons. The van der Waals surface area contributed by atoms with Gasteiger partial charge in [-0.3, -0.25) is 19.7 Å². The van der Waals surface area contributed by atoms with Gasteiger partial charge in [0.25, 0.3) is 5.91 Å². The lowest BCUT2D eigenvalue weighted by Crippen LogP contribution is -2.50. The maximum Gasteiger partial charge on any atom is 0.311 e. The summed E-state index contributed by atoms with van der Waals surface area (Å²) in [5, 5.41) is 14.7. The van der Waals surface area contributed by atoms with Crippen molar-refractivity contribution < 1.29 is 24.0 Å². The van der Waals surface area contributed by atoms with Crippen LogP contribution in [0.5, 0.6) is 11.5 Å². The van der Waals surface area contributed by atoms with Crippen molar-refractivity contribution in [3.63, 3.8) is 0 Å². The molecule has 11 heteroatoms. The fourth-order valence-corrected chi connectivity index (χ4v) is 3.55. The highest BCUT2D eigenvalue weighted by molar-refractivity contribution is 6.36. The lowest BCUT2D eigenvalue weighted by Gasteiger charge is -2.30. The number of hydrogen-bond acceptors (Lipinski definition) is 6. The summed E-state index contributed by atoms with van der Waals surface area (Å²) in [6, 6.07) is 7.97. The van der Waals surface area contributed by atoms with Gasteiger partial charge in [-0.15, -0.1) is 0 Å². The zero-order valence-electron chi connectivity index (χ0n) is 19.3. The molecule has 0 aliphatic carbocycles. The number of rotatable bonds is 11. The first-order chi connectivity index (χ1) is 16.1. The number of carbonyl (C=O) groups excluding carboxylic acids is 2. The third-order valence-electron chi connectivity index (χ3n) is 5.27. The molecule has 0 aliphatic rings. The first-order valence-corrected chi connectivity index (χ1v) is 11.3. The Hall–Kier alpha value is -3.04. The summed E-state index contributed by atoms with van der Waals surface area (Å²) >= 11 is 12.6. The average molecular weight is 512 g/mol. The number of hydrogen-bond donors (Lipinski definition) is 1. The standard InChI is InChI=1S/C23H27Cl2N3O6/c1-5-14(2)26-23(30)15(3)27(12-17-18(24)7-6-8-19(17)25)22(29)13-34-16-9-10-20(28(31)32)21(11-16)33-4/h6-11,14-15H,5,12-13H2,1-4H3,(H,26,30). The van der Waals surface area contributed by atoms with E-state index in [1.807, 2.05) is 13.8 Å². The molecule has 0 saturated carbocycles. The van der Waals surface area contributed by atoms with E-state index in [2.05, 4.69) is 5.32 Å². The van der Waals surface area contributed by atoms with Gasteiger partial charge in [-0.05, 0) is 38.5 Å². The number of halogens is 2. The van der Waals surface area contributed by atoms with Gasteiger partial charge in [0.05, 0.1) is 12.0 Å². The Morgan fingerprint density at radius 3 is 2.38 bits per heavy atom. The van der Waals surface area contributed by atoms with Gasteiger partial charge in [0.1, 0.15) is 11.8 Å². The molecule has 2 unspecified atom stereocenters. The van der Waals surface area contributed by atoms with Crippen molar-refractivity contribution >= 4 is 40.7 Å². The number of benzene rings is 2. The summed E-state index contributed by atoms with van der Waals surface area (Å²) in [7, 11) is 1.30. The van der Waals surface area contributed by atoms with Crippen LogP contribution in [0.25, 0.3) is 0 Å². The zero-order valence-corrected chi connectivity index (χ0v) is 20.9. The van der Waals surface area contributed by atoms with Crippen molar-refractivity contribution in [2.75, 3.05) is 13.7 Å². The molecule has 0 heterocycles. The topological polar surface area (TPSA) is 111 Å². The van der Waals surface area contributed by atoms with E-state index in [1.165, 1.54) is 30.2 Å². The molecule has 0 spiro atoms. The SMILES string of the molecule is CCC(C)NC(=O)C(C)N(Cc1c(Cl)cccc1Cl)C(=O)COc1ccc([N+](=O)[O-])c(OC)c1. The number of nitrogens with one attached hydrogen (secondary N) is 1. The van der Waals surface area contributed by atoms with Crippen molar-refractivity contribution in [1.29, 1.82) is 0 Å². The summed E-state index contributed by atoms with van der Waals surface area (Å²) in [5.41, 5.74) is 0.269. The van der Waals surface area contributed by atoms with Gasteiger partial charge in [-0.2, -0.15) is 0 Å². The van der Waals surface area contributed by atoms with E-state index in [0.717, 1.165) is 6.42 Å². The second-order valence-corrected chi connectivity index (χ2v) is 8.41. The van der Waals surface area contributed by atoms with Crippen molar-refractivity contribution in [1.82, 2.24) is 10.2 Å². The lowest BCUT2D eigenvalue weighted by atomic mass is 10.1. The second-order valence-electron chi connectivity index (χ2n) is 7.60. The molecular formula is C23H27Cl2N3O6. The van der Waals surface area contributed by atoms with E-state index in [0.29, 0.717) is 15.6 Å². The smallest absolute Gasteiger partial charge is 0.311 e. The highest BCUT2D eigenvalue weighted by Crippen LogP contribution is 2.31. The first-order valence-electron chi connectivity index (χ1n) is 10.6. The molecule has 1 N–H and O–H groups in total. The Labute approximate surface area is 208 Å². The number of carbonyl (C=O) groups is 2. The van der Waals surface area contributed by atoms with E-state index in [9.17, 15) is 19.7 Å². The molecule has 0 bridgehead atoms. The molecule has 0 aromatic heterocycles. The molecule has 0 fully saturated rings. The van der Waals surface area contributed by atoms with Crippen LogP contribution in [0.1, 0.15) is 32.8 Å². The molecule has 2 rings (SSSR count). The molecule has 2 aromatic rings. The summed E-state index contributed by atoms with van der Waals surface area (Å²) in [4.78, 5) is 37.8. The van der Waals surface area contributed by atoms with Crippen molar-refractivity contribution in [2.45, 2.75) is 45.8 Å². The first kappa shape index (κ1) is 27.2. The Kier molecular flexibility index (Phi) is 9.95. The van der Waals surface area contributed by atoms with Gasteiger partial charge in [0.2, 0.25) is 11.7 Å². The molecule has 0 aliphatic heterocycles. The lowest BCUT2D eigenvalue weighted by molar-refractivity contribution is -0.385. The van der Waals surface area contributed by atoms with Crippen LogP contribution in [-0.2, 0) is 16.1 Å². The predicted octanol–water partition coefficient (Wildman–Crippen LogP) is 4.62. The monoisotopic (exact) mass is 511 g/mol. The summed E-state index contributed by atoms with van der Waals surface area (Å²) in [5.74, 6) is -0.637. The van der Waals surface area contributed by atoms with Gasteiger partial charge in [-0.25, -0.2) is 0 Å². The molecule has 34 heavy (non-hydrogen) atoms. The van der Waals surface area contributed by atoms with Crippen molar-refractivity contribution in [2.24, 2.45) is 0 Å². The van der Waals surface area contributed by atoms with Crippen molar-refractivity contribution in [3.05, 3.63) is 62.1 Å². The van der Waals surface area contributed by atoms with E-state index in [-0.39, 0.29) is 35.7 Å². The number of methoxy groups -OCH3 is 1. The number of nitrogens with zero attached hydrogens (tertiary/aromatic N) is 2. The molecule has 9 nitrogen and oxygen atoms in total. The molecule has 0 radical (unpaired) electrons. The van der Waals surface area contributed by atoms with Crippen LogP contribution in [0.15, 0.2) is 36.4 Å². The van der Waals surface area contributed by atoms with Gasteiger partial charge in [0.15, 0.2) is 6.61 Å². The van der Waals surface area contributed by atoms with Gasteiger partial charge in [0, 0.05) is 40.3 Å². The Bertz CT molecular complexity index is 1030. The molecule has 2 amide bonds.